The van der Waals surface area contributed by atoms with Crippen LogP contribution in [0.4, 0.5) is 0 Å². The summed E-state index contributed by atoms with van der Waals surface area (Å²) in [5.74, 6) is 0.494. The smallest absolute Gasteiger partial charge is 0.166 e. The molecule has 0 atom stereocenters. The summed E-state index contributed by atoms with van der Waals surface area (Å²) in [7, 11) is 1.50. The Balaban J connectivity index is 2.23. The number of ether oxygens (including phenoxy) is 1. The minimum absolute atomic E-state index is 0.0921. The second kappa shape index (κ2) is 6.24. The van der Waals surface area contributed by atoms with Gasteiger partial charge < -0.3 is 20.1 Å². The van der Waals surface area contributed by atoms with Crippen molar-refractivity contribution in [1.29, 1.82) is 0 Å². The number of piperazine rings is 1. The Labute approximate surface area is 112 Å². The molecule has 2 N–H and O–H groups in total. The van der Waals surface area contributed by atoms with Crippen molar-refractivity contribution in [3.63, 3.8) is 0 Å². The number of benzene rings is 1. The van der Waals surface area contributed by atoms with E-state index in [4.69, 9.17) is 4.74 Å². The van der Waals surface area contributed by atoms with Crippen molar-refractivity contribution in [2.45, 2.75) is 0 Å². The molecule has 1 heterocycles. The number of nitrogens with zero attached hydrogens (tertiary/aromatic N) is 1. The van der Waals surface area contributed by atoms with E-state index in [0.717, 1.165) is 38.0 Å². The fourth-order valence-electron chi connectivity index (χ4n) is 2.08. The first-order valence-electron chi connectivity index (χ1n) is 6.24. The molecule has 0 aromatic heterocycles. The van der Waals surface area contributed by atoms with E-state index in [1.54, 1.807) is 24.3 Å². The second-order valence-electron chi connectivity index (χ2n) is 4.36. The molecule has 0 bridgehead atoms. The Morgan fingerprint density at radius 2 is 2.16 bits per heavy atom. The first-order valence-corrected chi connectivity index (χ1v) is 6.24. The van der Waals surface area contributed by atoms with Gasteiger partial charge in [-0.3, -0.25) is 4.79 Å². The SMILES string of the molecule is COc1cc(C=C(C=O)N2CCNCC2)ccc1O. The van der Waals surface area contributed by atoms with Crippen LogP contribution in [0.25, 0.3) is 6.08 Å². The number of aromatic hydroxyl groups is 1. The fraction of sp³-hybridized carbons (Fsp3) is 0.357. The van der Waals surface area contributed by atoms with Gasteiger partial charge in [0, 0.05) is 26.2 Å². The van der Waals surface area contributed by atoms with Gasteiger partial charge >= 0.3 is 0 Å². The van der Waals surface area contributed by atoms with Gasteiger partial charge in [0.25, 0.3) is 0 Å². The predicted molar refractivity (Wildman–Crippen MR) is 73.1 cm³/mol. The number of phenolic OH excluding ortho intramolecular Hbond substituents is 1. The minimum atomic E-state index is 0.0921. The normalized spacial score (nSPS) is 16.3. The van der Waals surface area contributed by atoms with Crippen molar-refractivity contribution in [3.05, 3.63) is 29.5 Å². The summed E-state index contributed by atoms with van der Waals surface area (Å²) in [4.78, 5) is 13.3. The van der Waals surface area contributed by atoms with E-state index in [-0.39, 0.29) is 5.75 Å². The largest absolute Gasteiger partial charge is 0.504 e. The van der Waals surface area contributed by atoms with Gasteiger partial charge in [0.2, 0.25) is 0 Å². The Kier molecular flexibility index (Phi) is 4.41. The Hall–Kier alpha value is -2.01. The molecule has 1 aromatic rings. The van der Waals surface area contributed by atoms with Crippen LogP contribution in [-0.4, -0.2) is 49.6 Å². The monoisotopic (exact) mass is 262 g/mol. The van der Waals surface area contributed by atoms with E-state index in [2.05, 4.69) is 5.32 Å². The van der Waals surface area contributed by atoms with Crippen molar-refractivity contribution < 1.29 is 14.6 Å². The van der Waals surface area contributed by atoms with Gasteiger partial charge in [-0.1, -0.05) is 6.07 Å². The molecule has 19 heavy (non-hydrogen) atoms. The van der Waals surface area contributed by atoms with Gasteiger partial charge in [0.1, 0.15) is 0 Å². The van der Waals surface area contributed by atoms with Crippen molar-refractivity contribution in [1.82, 2.24) is 10.2 Å². The van der Waals surface area contributed by atoms with Crippen molar-refractivity contribution in [2.24, 2.45) is 0 Å². The predicted octanol–water partition coefficient (Wildman–Crippen LogP) is 0.846. The number of nitrogens with one attached hydrogen (secondary N) is 1. The summed E-state index contributed by atoms with van der Waals surface area (Å²) in [6, 6.07) is 5.02. The summed E-state index contributed by atoms with van der Waals surface area (Å²) in [5.41, 5.74) is 1.48. The Morgan fingerprint density at radius 1 is 1.42 bits per heavy atom. The molecule has 1 fully saturated rings. The van der Waals surface area contributed by atoms with E-state index in [0.29, 0.717) is 11.4 Å². The number of allylic oxidation sites excluding steroid dienone is 1. The van der Waals surface area contributed by atoms with Gasteiger partial charge in [-0.25, -0.2) is 0 Å². The Morgan fingerprint density at radius 3 is 2.79 bits per heavy atom. The van der Waals surface area contributed by atoms with Crippen LogP contribution >= 0.6 is 0 Å². The molecule has 5 heteroatoms. The number of hydrogen-bond donors (Lipinski definition) is 2. The highest BCUT2D eigenvalue weighted by atomic mass is 16.5. The number of carbonyl (C=O) groups excluding carboxylic acids is 1. The molecule has 5 nitrogen and oxygen atoms in total. The first kappa shape index (κ1) is 13.4. The van der Waals surface area contributed by atoms with Gasteiger partial charge in [-0.15, -0.1) is 0 Å². The fourth-order valence-corrected chi connectivity index (χ4v) is 2.08. The van der Waals surface area contributed by atoms with E-state index in [1.165, 1.54) is 7.11 Å². The molecule has 2 rings (SSSR count). The third kappa shape index (κ3) is 3.26. The number of methoxy groups -OCH3 is 1. The summed E-state index contributed by atoms with van der Waals surface area (Å²) in [5, 5.41) is 12.8. The summed E-state index contributed by atoms with van der Waals surface area (Å²) < 4.78 is 5.06. The third-order valence-corrected chi connectivity index (χ3v) is 3.12. The lowest BCUT2D eigenvalue weighted by molar-refractivity contribution is -0.106. The topological polar surface area (TPSA) is 61.8 Å². The number of phenols is 1. The van der Waals surface area contributed by atoms with Crippen LogP contribution in [-0.2, 0) is 4.79 Å². The van der Waals surface area contributed by atoms with E-state index >= 15 is 0 Å². The molecule has 0 spiro atoms. The zero-order valence-corrected chi connectivity index (χ0v) is 10.9. The quantitative estimate of drug-likeness (QED) is 0.622. The van der Waals surface area contributed by atoms with E-state index in [9.17, 15) is 9.90 Å². The molecule has 0 saturated carbocycles. The Bertz CT molecular complexity index is 480. The van der Waals surface area contributed by atoms with Crippen LogP contribution < -0.4 is 10.1 Å². The molecule has 1 saturated heterocycles. The third-order valence-electron chi connectivity index (χ3n) is 3.12. The maximum atomic E-state index is 11.2. The molecule has 1 aliphatic rings. The molecule has 0 aliphatic carbocycles. The molecule has 1 aliphatic heterocycles. The highest BCUT2D eigenvalue weighted by molar-refractivity contribution is 5.81. The molecular formula is C14H18N2O3. The zero-order chi connectivity index (χ0) is 13.7. The molecule has 0 amide bonds. The van der Waals surface area contributed by atoms with E-state index < -0.39 is 0 Å². The lowest BCUT2D eigenvalue weighted by atomic mass is 10.1. The first-order chi connectivity index (χ1) is 9.24. The van der Waals surface area contributed by atoms with Gasteiger partial charge in [0.15, 0.2) is 17.8 Å². The van der Waals surface area contributed by atoms with Crippen LogP contribution in [0.15, 0.2) is 23.9 Å². The summed E-state index contributed by atoms with van der Waals surface area (Å²) >= 11 is 0. The minimum Gasteiger partial charge on any atom is -0.504 e. The highest BCUT2D eigenvalue weighted by Gasteiger charge is 2.12. The number of hydrogen-bond acceptors (Lipinski definition) is 5. The lowest BCUT2D eigenvalue weighted by Gasteiger charge is -2.29. The van der Waals surface area contributed by atoms with Gasteiger partial charge in [-0.2, -0.15) is 0 Å². The molecule has 102 valence electrons. The van der Waals surface area contributed by atoms with Crippen molar-refractivity contribution in [2.75, 3.05) is 33.3 Å². The van der Waals surface area contributed by atoms with E-state index in [1.807, 2.05) is 4.90 Å². The molecular weight excluding hydrogens is 244 g/mol. The number of carbonyl (C=O) groups is 1. The highest BCUT2D eigenvalue weighted by Crippen LogP contribution is 2.27. The van der Waals surface area contributed by atoms with Crippen molar-refractivity contribution in [3.8, 4) is 11.5 Å². The molecule has 0 unspecified atom stereocenters. The maximum absolute atomic E-state index is 11.2. The lowest BCUT2D eigenvalue weighted by Crippen LogP contribution is -2.43. The molecule has 0 radical (unpaired) electrons. The summed E-state index contributed by atoms with van der Waals surface area (Å²) in [6.07, 6.45) is 2.67. The number of rotatable bonds is 4. The maximum Gasteiger partial charge on any atom is 0.166 e. The van der Waals surface area contributed by atoms with Crippen LogP contribution in [0.5, 0.6) is 11.5 Å². The van der Waals surface area contributed by atoms with Crippen LogP contribution in [0.2, 0.25) is 0 Å². The van der Waals surface area contributed by atoms with Crippen molar-refractivity contribution >= 4 is 12.4 Å². The molecule has 1 aromatic carbocycles. The van der Waals surface area contributed by atoms with Crippen LogP contribution in [0, 0.1) is 0 Å². The summed E-state index contributed by atoms with van der Waals surface area (Å²) in [6.45, 7) is 3.40. The standard InChI is InChI=1S/C14H18N2O3/c1-19-14-9-11(2-3-13(14)18)8-12(10-17)16-6-4-15-5-7-16/h2-3,8-10,15,18H,4-7H2,1H3. The average molecular weight is 262 g/mol. The van der Waals surface area contributed by atoms with Crippen LogP contribution in [0.3, 0.4) is 0 Å². The second-order valence-corrected chi connectivity index (χ2v) is 4.36. The van der Waals surface area contributed by atoms with Gasteiger partial charge in [0.05, 0.1) is 12.8 Å². The average Bonchev–Trinajstić information content (AvgIpc) is 2.47. The zero-order valence-electron chi connectivity index (χ0n) is 10.9. The van der Waals surface area contributed by atoms with Crippen LogP contribution in [0.1, 0.15) is 5.56 Å². The van der Waals surface area contributed by atoms with Gasteiger partial charge in [-0.05, 0) is 23.8 Å². The number of aldehydes is 1.